The predicted octanol–water partition coefficient (Wildman–Crippen LogP) is 2.88. The summed E-state index contributed by atoms with van der Waals surface area (Å²) in [7, 11) is -9.32. The first-order chi connectivity index (χ1) is 45.2. The van der Waals surface area contributed by atoms with Gasteiger partial charge in [0, 0.05) is 50.4 Å². The highest BCUT2D eigenvalue weighted by Crippen LogP contribution is 2.34. The standard InChI is InChI=1S/C25H36N4O13S.C19H32N4O8S.C12H9NO8/c1-5-37-21(31)25(3,4)14-39-43(35,36)42-29-17-6-7-18(28(12-17)22(29)32)20(30)26-16-8-10-27(11-9-16)23(33)38-13-19-15(2)40-24(34)41-19;1-4-29-17(25)19(2,3)12-30-32(27,28)31-23-14-5-6-15(22(11-14)18(23)26)16(24)21-13-7-9-20-10-8-13;1-7-10(21-12(15)19-7)6-18-11(14)20-9-4-2-8(3-5-9)13(16)17/h16-18H,5-14H2,1-4H3,(H,26,30);13-15,20H,4-12H2,1-3H3,(H,21,24);2-5H,6H2,1H3/t17-,18+;14-,15+;/m11./s1. The molecule has 532 valence electrons. The molecule has 6 saturated heterocycles. The van der Waals surface area contributed by atoms with Crippen LogP contribution in [0.4, 0.5) is 24.9 Å². The van der Waals surface area contributed by atoms with E-state index in [2.05, 4.69) is 24.8 Å². The lowest BCUT2D eigenvalue weighted by Gasteiger charge is -2.34. The molecule has 0 unspecified atom stereocenters. The Morgan fingerprint density at radius 2 is 1.04 bits per heavy atom. The number of likely N-dealkylation sites (tertiary alicyclic amines) is 1. The van der Waals surface area contributed by atoms with E-state index in [-0.39, 0.29) is 98.4 Å². The molecule has 6 aliphatic heterocycles. The molecule has 40 heteroatoms. The van der Waals surface area contributed by atoms with Crippen molar-refractivity contribution in [2.45, 2.75) is 156 Å². The number of carbonyl (C=O) groups is 8. The van der Waals surface area contributed by atoms with Crippen LogP contribution in [0.3, 0.4) is 0 Å². The molecule has 1 aromatic carbocycles. The second kappa shape index (κ2) is 32.4. The number of esters is 2. The number of nitrogens with one attached hydrogen (secondary N) is 3. The fraction of sp³-hybridized carbons (Fsp3) is 0.643. The summed E-state index contributed by atoms with van der Waals surface area (Å²) in [5.74, 6) is -2.97. The van der Waals surface area contributed by atoms with Gasteiger partial charge in [-0.15, -0.1) is 8.57 Å². The van der Waals surface area contributed by atoms with Crippen LogP contribution in [0.1, 0.15) is 116 Å². The Hall–Kier alpha value is -8.70. The normalized spacial score (nSPS) is 19.9. The van der Waals surface area contributed by atoms with Gasteiger partial charge < -0.3 is 72.0 Å². The summed E-state index contributed by atoms with van der Waals surface area (Å²) in [5.41, 5.74) is -2.64. The van der Waals surface area contributed by atoms with Crippen molar-refractivity contribution in [2.75, 3.05) is 65.7 Å². The molecule has 9 rings (SSSR count). The van der Waals surface area contributed by atoms with Crippen molar-refractivity contribution >= 4 is 74.5 Å². The number of ether oxygens (including phenoxy) is 5. The number of aryl methyl sites for hydroxylation is 2. The maximum Gasteiger partial charge on any atom is 0.519 e. The van der Waals surface area contributed by atoms with E-state index in [9.17, 15) is 74.9 Å². The molecule has 96 heavy (non-hydrogen) atoms. The monoisotopic (exact) mass is 1400 g/mol. The lowest BCUT2D eigenvalue weighted by Crippen LogP contribution is -2.54. The Morgan fingerprint density at radius 1 is 0.615 bits per heavy atom. The lowest BCUT2D eigenvalue weighted by molar-refractivity contribution is -0.384. The molecule has 6 fully saturated rings. The SMILES string of the molecule is CCOC(=O)C(C)(C)COS(=O)(=O)ON1C(=O)N2C[C@H]1CC[C@H]2C(=O)NC1CCN(C(=O)OCc2oc(=O)oc2C)CC1.CCOC(=O)C(C)(C)COS(=O)(=O)ON1C(=O)N2C[C@H]1CC[C@H]2C(=O)NC1CCNCC1.Cc1oc(=O)oc1COC(=O)Oc1ccc([N+](=O)[O-])cc1. The van der Waals surface area contributed by atoms with Crippen molar-refractivity contribution in [3.8, 4) is 5.75 Å². The summed E-state index contributed by atoms with van der Waals surface area (Å²) in [5, 5.41) is 21.0. The van der Waals surface area contributed by atoms with E-state index in [4.69, 9.17) is 49.5 Å². The first kappa shape index (κ1) is 74.7. The molecule has 0 aliphatic carbocycles. The van der Waals surface area contributed by atoms with Gasteiger partial charge in [-0.1, -0.05) is 0 Å². The second-order valence-corrected chi connectivity index (χ2v) is 26.2. The average Bonchev–Trinajstić information content (AvgIpc) is 1.63. The molecular weight excluding hydrogens is 1330 g/mol. The largest absolute Gasteiger partial charge is 0.519 e. The predicted molar refractivity (Wildman–Crippen MR) is 319 cm³/mol. The molecule has 4 bridgehead atoms. The Kier molecular flexibility index (Phi) is 25.2. The molecule has 0 spiro atoms. The number of hydrogen-bond donors (Lipinski definition) is 3. The summed E-state index contributed by atoms with van der Waals surface area (Å²) in [6.45, 7) is 13.3. The van der Waals surface area contributed by atoms with Gasteiger partial charge in [0.2, 0.25) is 11.8 Å². The van der Waals surface area contributed by atoms with E-state index in [1.54, 1.807) is 13.8 Å². The number of hydroxylamine groups is 4. The summed E-state index contributed by atoms with van der Waals surface area (Å²) in [6.07, 6.45) is 2.29. The van der Waals surface area contributed by atoms with Crippen LogP contribution >= 0.6 is 0 Å². The van der Waals surface area contributed by atoms with Crippen molar-refractivity contribution in [2.24, 2.45) is 10.8 Å². The first-order valence-corrected chi connectivity index (χ1v) is 33.1. The van der Waals surface area contributed by atoms with Gasteiger partial charge in [0.05, 0.1) is 54.3 Å². The minimum atomic E-state index is -4.71. The molecule has 38 nitrogen and oxygen atoms in total. The molecule has 0 radical (unpaired) electrons. The minimum absolute atomic E-state index is 0.0584. The van der Waals surface area contributed by atoms with Crippen LogP contribution in [0.5, 0.6) is 5.75 Å². The minimum Gasteiger partial charge on any atom is -0.466 e. The topological polar surface area (TPSA) is 470 Å². The van der Waals surface area contributed by atoms with Gasteiger partial charge in [-0.25, -0.2) is 37.1 Å². The van der Waals surface area contributed by atoms with E-state index in [0.717, 1.165) is 31.0 Å². The van der Waals surface area contributed by atoms with Crippen LogP contribution in [0.25, 0.3) is 0 Å². The average molecular weight is 1400 g/mol. The number of rotatable bonds is 24. The van der Waals surface area contributed by atoms with E-state index in [1.165, 1.54) is 80.5 Å². The number of carbonyl (C=O) groups excluding carboxylic acids is 8. The van der Waals surface area contributed by atoms with Gasteiger partial charge in [0.1, 0.15) is 17.8 Å². The van der Waals surface area contributed by atoms with Crippen LogP contribution in [-0.2, 0) is 89.1 Å². The zero-order chi connectivity index (χ0) is 70.5. The van der Waals surface area contributed by atoms with E-state index in [1.807, 2.05) is 0 Å². The number of urea groups is 2. The number of nitrogens with zero attached hydrogens (tertiary/aromatic N) is 6. The lowest BCUT2D eigenvalue weighted by atomic mass is 9.95. The van der Waals surface area contributed by atoms with Crippen molar-refractivity contribution in [1.82, 2.24) is 40.8 Å². The number of benzene rings is 1. The highest BCUT2D eigenvalue weighted by Gasteiger charge is 2.52. The van der Waals surface area contributed by atoms with Gasteiger partial charge in [-0.3, -0.25) is 29.3 Å². The van der Waals surface area contributed by atoms with Gasteiger partial charge in [0.15, 0.2) is 36.3 Å². The Labute approximate surface area is 549 Å². The van der Waals surface area contributed by atoms with Gasteiger partial charge in [0.25, 0.3) is 5.69 Å². The van der Waals surface area contributed by atoms with E-state index >= 15 is 0 Å². The number of amides is 7. The number of hydrogen-bond acceptors (Lipinski definition) is 30. The third-order valence-corrected chi connectivity index (χ3v) is 17.2. The molecule has 3 N–H and O–H groups in total. The van der Waals surface area contributed by atoms with Crippen LogP contribution < -0.4 is 32.3 Å². The van der Waals surface area contributed by atoms with Crippen LogP contribution in [0.2, 0.25) is 0 Å². The molecule has 6 aliphatic rings. The molecule has 3 aromatic rings. The van der Waals surface area contributed by atoms with Crippen molar-refractivity contribution in [3.63, 3.8) is 0 Å². The van der Waals surface area contributed by atoms with Gasteiger partial charge >= 0.3 is 68.7 Å². The van der Waals surface area contributed by atoms with Crippen molar-refractivity contribution in [3.05, 3.63) is 78.7 Å². The first-order valence-electron chi connectivity index (χ1n) is 30.4. The Balaban J connectivity index is 0.000000216. The highest BCUT2D eigenvalue weighted by atomic mass is 32.3. The molecule has 8 heterocycles. The van der Waals surface area contributed by atoms with E-state index < -0.39 is 128 Å². The van der Waals surface area contributed by atoms with Crippen molar-refractivity contribution in [1.29, 1.82) is 0 Å². The summed E-state index contributed by atoms with van der Waals surface area (Å²) in [6, 6.07) is 0.550. The fourth-order valence-electron chi connectivity index (χ4n) is 10.3. The van der Waals surface area contributed by atoms with E-state index in [0.29, 0.717) is 50.3 Å². The number of non-ortho nitro benzene ring substituents is 1. The maximum atomic E-state index is 13.1. The summed E-state index contributed by atoms with van der Waals surface area (Å²) < 4.78 is 112. The van der Waals surface area contributed by atoms with Crippen LogP contribution in [-0.4, -0.2) is 197 Å². The molecule has 4 atom stereocenters. The van der Waals surface area contributed by atoms with Crippen molar-refractivity contribution < 1.29 is 118 Å². The summed E-state index contributed by atoms with van der Waals surface area (Å²) >= 11 is 0. The zero-order valence-corrected chi connectivity index (χ0v) is 55.4. The fourth-order valence-corrected chi connectivity index (χ4v) is 12.1. The Morgan fingerprint density at radius 3 is 1.45 bits per heavy atom. The van der Waals surface area contributed by atoms with Crippen LogP contribution in [0.15, 0.2) is 51.5 Å². The van der Waals surface area contributed by atoms with Crippen LogP contribution in [0, 0.1) is 34.8 Å². The summed E-state index contributed by atoms with van der Waals surface area (Å²) in [4.78, 5) is 135. The third-order valence-electron chi connectivity index (χ3n) is 15.7. The zero-order valence-electron chi connectivity index (χ0n) is 53.8. The second-order valence-electron chi connectivity index (χ2n) is 23.8. The number of nitro groups is 1. The molecule has 0 saturated carbocycles. The molecular formula is C56H77N9O29S2. The molecule has 7 amide bonds. The number of piperidine rings is 4. The smallest absolute Gasteiger partial charge is 0.466 e. The third kappa shape index (κ3) is 20.2. The quantitative estimate of drug-likeness (QED) is 0.0381. The van der Waals surface area contributed by atoms with Gasteiger partial charge in [-0.05, 0) is 132 Å². The molecule has 2 aromatic heterocycles. The number of fused-ring (bicyclic) bond motifs is 4. The maximum absolute atomic E-state index is 13.1. The number of nitro benzene ring substituents is 1. The van der Waals surface area contributed by atoms with Gasteiger partial charge in [-0.2, -0.15) is 27.0 Å². The highest BCUT2D eigenvalue weighted by molar-refractivity contribution is 7.82. The Bertz CT molecular complexity index is 3650.